The third-order valence-electron chi connectivity index (χ3n) is 10.9. The van der Waals surface area contributed by atoms with Gasteiger partial charge in [-0.05, 0) is 72.5 Å². The summed E-state index contributed by atoms with van der Waals surface area (Å²) in [6, 6.07) is 0. The summed E-state index contributed by atoms with van der Waals surface area (Å²) in [6.07, 6.45) is 10.7. The molecule has 0 bridgehead atoms. The van der Waals surface area contributed by atoms with Crippen LogP contribution in [-0.2, 0) is 14.9 Å². The molecule has 0 aromatic carbocycles. The summed E-state index contributed by atoms with van der Waals surface area (Å²) in [5.74, 6) is 1.24. The van der Waals surface area contributed by atoms with Crippen molar-refractivity contribution >= 4 is 5.97 Å². The largest absolute Gasteiger partial charge is 0.472 e. The maximum Gasteiger partial charge on any atom is 0.302 e. The van der Waals surface area contributed by atoms with Crippen LogP contribution in [0.1, 0.15) is 104 Å². The van der Waals surface area contributed by atoms with Gasteiger partial charge in [0.05, 0.1) is 18.6 Å². The summed E-state index contributed by atoms with van der Waals surface area (Å²) >= 11 is 0. The molecule has 1 aromatic rings. The Morgan fingerprint density at radius 1 is 1.00 bits per heavy atom. The summed E-state index contributed by atoms with van der Waals surface area (Å²) < 4.78 is 11.7. The van der Waals surface area contributed by atoms with Crippen molar-refractivity contribution in [2.75, 3.05) is 0 Å². The first-order valence-electron chi connectivity index (χ1n) is 12.4. The monoisotopic (exact) mass is 428 g/mol. The van der Waals surface area contributed by atoms with Gasteiger partial charge in [0.2, 0.25) is 0 Å². The average Bonchev–Trinajstić information content (AvgIpc) is 3.16. The predicted molar refractivity (Wildman–Crippen MR) is 119 cm³/mol. The molecule has 1 aromatic heterocycles. The average molecular weight is 429 g/mol. The van der Waals surface area contributed by atoms with Gasteiger partial charge < -0.3 is 14.3 Å². The fourth-order valence-corrected chi connectivity index (χ4v) is 9.61. The van der Waals surface area contributed by atoms with Gasteiger partial charge in [-0.1, -0.05) is 41.0 Å². The van der Waals surface area contributed by atoms with E-state index in [-0.39, 0.29) is 34.2 Å². The van der Waals surface area contributed by atoms with Gasteiger partial charge in [0, 0.05) is 23.5 Å². The van der Waals surface area contributed by atoms with Gasteiger partial charge in [0.25, 0.3) is 0 Å². The molecule has 1 N–H and O–H groups in total. The molecule has 0 aliphatic heterocycles. The number of aliphatic hydroxyl groups is 1. The Bertz CT molecular complexity index is 886. The Morgan fingerprint density at radius 2 is 1.71 bits per heavy atom. The zero-order valence-corrected chi connectivity index (χ0v) is 20.2. The molecule has 1 heterocycles. The Kier molecular flexibility index (Phi) is 4.60. The molecule has 3 saturated carbocycles. The number of aliphatic hydroxyl groups excluding tert-OH is 1. The van der Waals surface area contributed by atoms with E-state index in [2.05, 4.69) is 34.6 Å². The van der Waals surface area contributed by atoms with Crippen molar-refractivity contribution in [3.63, 3.8) is 0 Å². The summed E-state index contributed by atoms with van der Waals surface area (Å²) in [6.45, 7) is 13.8. The van der Waals surface area contributed by atoms with E-state index in [1.165, 1.54) is 39.0 Å². The van der Waals surface area contributed by atoms with Crippen LogP contribution in [0, 0.1) is 34.0 Å². The number of ether oxygens (including phenoxy) is 1. The van der Waals surface area contributed by atoms with E-state index < -0.39 is 6.10 Å². The number of hydrogen-bond donors (Lipinski definition) is 1. The highest BCUT2D eigenvalue weighted by Crippen LogP contribution is 2.73. The molecule has 0 amide bonds. The van der Waals surface area contributed by atoms with E-state index in [0.717, 1.165) is 24.0 Å². The summed E-state index contributed by atoms with van der Waals surface area (Å²) in [4.78, 5) is 12.3. The molecule has 5 rings (SSSR count). The van der Waals surface area contributed by atoms with Crippen LogP contribution in [0.2, 0.25) is 0 Å². The van der Waals surface area contributed by atoms with Gasteiger partial charge in [-0.15, -0.1) is 0 Å². The second-order valence-corrected chi connectivity index (χ2v) is 12.7. The molecule has 4 nitrogen and oxygen atoms in total. The molecule has 0 spiro atoms. The second-order valence-electron chi connectivity index (χ2n) is 12.7. The minimum atomic E-state index is -0.506. The quantitative estimate of drug-likeness (QED) is 0.543. The lowest BCUT2D eigenvalue weighted by Crippen LogP contribution is -2.67. The van der Waals surface area contributed by atoms with Crippen molar-refractivity contribution in [1.82, 2.24) is 0 Å². The molecule has 0 radical (unpaired) electrons. The number of carbonyl (C=O) groups excluding carboxylic acids is 1. The molecule has 31 heavy (non-hydrogen) atoms. The molecule has 4 aliphatic rings. The van der Waals surface area contributed by atoms with E-state index in [4.69, 9.17) is 9.15 Å². The molecule has 0 saturated heterocycles. The van der Waals surface area contributed by atoms with Crippen molar-refractivity contribution < 1.29 is 19.1 Å². The van der Waals surface area contributed by atoms with Crippen molar-refractivity contribution in [1.29, 1.82) is 0 Å². The molecular weight excluding hydrogens is 388 g/mol. The predicted octanol–water partition coefficient (Wildman–Crippen LogP) is 6.17. The smallest absolute Gasteiger partial charge is 0.302 e. The van der Waals surface area contributed by atoms with Crippen molar-refractivity contribution in [2.45, 2.75) is 104 Å². The van der Waals surface area contributed by atoms with Gasteiger partial charge in [0.15, 0.2) is 0 Å². The standard InChI is InChI=1S/C27H40O4/c1-16(28)31-23-13-21-25(4)10-7-9-24(2,3)20(25)8-11-26(21,5)22-12-19(29)17-14-30-15-18(17)27(22,23)6/h14-15,19-23,29H,7-13H2,1-6H3. The zero-order valence-electron chi connectivity index (χ0n) is 20.2. The fraction of sp³-hybridized carbons (Fsp3) is 0.815. The van der Waals surface area contributed by atoms with Crippen LogP contribution in [0.5, 0.6) is 0 Å². The normalized spacial score (nSPS) is 48.0. The highest BCUT2D eigenvalue weighted by atomic mass is 16.5. The molecular formula is C27H40O4. The van der Waals surface area contributed by atoms with Crippen LogP contribution in [0.25, 0.3) is 0 Å². The molecule has 8 unspecified atom stereocenters. The van der Waals surface area contributed by atoms with Gasteiger partial charge in [0.1, 0.15) is 6.10 Å². The third kappa shape index (κ3) is 2.72. The van der Waals surface area contributed by atoms with Crippen LogP contribution in [-0.4, -0.2) is 17.2 Å². The highest BCUT2D eigenvalue weighted by molar-refractivity contribution is 5.66. The SMILES string of the molecule is CC(=O)OC1CC2C3(C)CCCC(C)(C)C3CCC2(C)C2CC(O)c3cocc3C12C. The molecule has 8 atom stereocenters. The highest BCUT2D eigenvalue weighted by Gasteiger charge is 2.68. The lowest BCUT2D eigenvalue weighted by Gasteiger charge is -2.70. The van der Waals surface area contributed by atoms with E-state index in [0.29, 0.717) is 17.3 Å². The van der Waals surface area contributed by atoms with Crippen LogP contribution in [0.4, 0.5) is 0 Å². The molecule has 3 fully saturated rings. The molecule has 4 heteroatoms. The zero-order chi connectivity index (χ0) is 22.4. The summed E-state index contributed by atoms with van der Waals surface area (Å²) in [5.41, 5.74) is 2.33. The van der Waals surface area contributed by atoms with Gasteiger partial charge in [-0.2, -0.15) is 0 Å². The van der Waals surface area contributed by atoms with Crippen molar-refractivity contribution in [3.8, 4) is 0 Å². The molecule has 172 valence electrons. The lowest BCUT2D eigenvalue weighted by molar-refractivity contribution is -0.220. The number of carbonyl (C=O) groups is 1. The second kappa shape index (κ2) is 6.62. The van der Waals surface area contributed by atoms with E-state index in [9.17, 15) is 9.90 Å². The van der Waals surface area contributed by atoms with E-state index >= 15 is 0 Å². The summed E-state index contributed by atoms with van der Waals surface area (Å²) in [7, 11) is 0. The Hall–Kier alpha value is -1.29. The fourth-order valence-electron chi connectivity index (χ4n) is 9.61. The van der Waals surface area contributed by atoms with E-state index in [1.807, 2.05) is 6.26 Å². The Morgan fingerprint density at radius 3 is 2.42 bits per heavy atom. The Labute approximate surface area is 187 Å². The van der Waals surface area contributed by atoms with Gasteiger partial charge >= 0.3 is 5.97 Å². The van der Waals surface area contributed by atoms with Gasteiger partial charge in [-0.3, -0.25) is 4.79 Å². The van der Waals surface area contributed by atoms with Crippen LogP contribution >= 0.6 is 0 Å². The number of rotatable bonds is 1. The van der Waals surface area contributed by atoms with E-state index in [1.54, 1.807) is 6.26 Å². The number of furan rings is 1. The minimum absolute atomic E-state index is 0.111. The summed E-state index contributed by atoms with van der Waals surface area (Å²) in [5, 5.41) is 11.1. The van der Waals surface area contributed by atoms with Crippen LogP contribution in [0.15, 0.2) is 16.9 Å². The maximum absolute atomic E-state index is 12.3. The van der Waals surface area contributed by atoms with Crippen molar-refractivity contribution in [3.05, 3.63) is 23.7 Å². The first kappa shape index (κ1) is 21.6. The first-order chi connectivity index (χ1) is 14.4. The molecule has 4 aliphatic carbocycles. The van der Waals surface area contributed by atoms with Gasteiger partial charge in [-0.25, -0.2) is 0 Å². The first-order valence-corrected chi connectivity index (χ1v) is 12.4. The maximum atomic E-state index is 12.3. The topological polar surface area (TPSA) is 59.7 Å². The lowest BCUT2D eigenvalue weighted by atomic mass is 9.35. The number of esters is 1. The number of hydrogen-bond acceptors (Lipinski definition) is 4. The Balaban J connectivity index is 1.66. The third-order valence-corrected chi connectivity index (χ3v) is 10.9. The minimum Gasteiger partial charge on any atom is -0.472 e. The van der Waals surface area contributed by atoms with Crippen LogP contribution in [0.3, 0.4) is 0 Å². The number of fused-ring (bicyclic) bond motifs is 7. The van der Waals surface area contributed by atoms with Crippen LogP contribution < -0.4 is 0 Å². The van der Waals surface area contributed by atoms with Crippen molar-refractivity contribution in [2.24, 2.45) is 34.0 Å².